The smallest absolute Gasteiger partial charge is 0.305 e. The topological polar surface area (TPSA) is 73.4 Å². The van der Waals surface area contributed by atoms with Gasteiger partial charge in [-0.3, -0.25) is 9.59 Å². The van der Waals surface area contributed by atoms with Gasteiger partial charge in [0.25, 0.3) is 5.91 Å². The minimum atomic E-state index is -0.848. The van der Waals surface area contributed by atoms with Gasteiger partial charge in [0.15, 0.2) is 0 Å². The zero-order valence-corrected chi connectivity index (χ0v) is 13.1. The predicted molar refractivity (Wildman–Crippen MR) is 78.7 cm³/mol. The predicted octanol–water partition coefficient (Wildman–Crippen LogP) is 3.03. The molecule has 0 aromatic carbocycles. The van der Waals surface area contributed by atoms with Crippen molar-refractivity contribution >= 4 is 27.8 Å². The third kappa shape index (κ3) is 3.06. The van der Waals surface area contributed by atoms with Crippen molar-refractivity contribution in [2.24, 2.45) is 0 Å². The number of H-pyrrole nitrogens is 1. The van der Waals surface area contributed by atoms with Gasteiger partial charge in [-0.15, -0.1) is 0 Å². The maximum atomic E-state index is 12.5. The Morgan fingerprint density at radius 2 is 2.05 bits per heavy atom. The van der Waals surface area contributed by atoms with Gasteiger partial charge in [-0.2, -0.15) is 0 Å². The van der Waals surface area contributed by atoms with E-state index in [0.717, 1.165) is 36.6 Å². The molecule has 0 spiro atoms. The average molecular weight is 343 g/mol. The van der Waals surface area contributed by atoms with Crippen LogP contribution in [0.3, 0.4) is 0 Å². The second-order valence-electron chi connectivity index (χ2n) is 5.45. The Morgan fingerprint density at radius 3 is 2.55 bits per heavy atom. The fraction of sp³-hybridized carbons (Fsp3) is 0.571. The summed E-state index contributed by atoms with van der Waals surface area (Å²) in [4.78, 5) is 28.2. The van der Waals surface area contributed by atoms with Crippen LogP contribution in [-0.2, 0) is 4.79 Å². The van der Waals surface area contributed by atoms with Gasteiger partial charge in [0.1, 0.15) is 5.69 Å². The first kappa shape index (κ1) is 15.1. The molecule has 20 heavy (non-hydrogen) atoms. The van der Waals surface area contributed by atoms with Crippen LogP contribution in [0.15, 0.2) is 16.7 Å². The highest BCUT2D eigenvalue weighted by molar-refractivity contribution is 9.10. The third-order valence-electron chi connectivity index (χ3n) is 4.16. The van der Waals surface area contributed by atoms with Crippen molar-refractivity contribution < 1.29 is 14.7 Å². The average Bonchev–Trinajstić information content (AvgIpc) is 2.84. The van der Waals surface area contributed by atoms with Crippen molar-refractivity contribution in [3.8, 4) is 0 Å². The van der Waals surface area contributed by atoms with Gasteiger partial charge in [-0.25, -0.2) is 0 Å². The van der Waals surface area contributed by atoms with Crippen molar-refractivity contribution in [3.05, 3.63) is 22.4 Å². The lowest BCUT2D eigenvalue weighted by atomic mass is 9.78. The Kier molecular flexibility index (Phi) is 4.52. The molecular formula is C14H19BrN2O3. The van der Waals surface area contributed by atoms with Crippen molar-refractivity contribution in [2.75, 3.05) is 7.05 Å². The Labute approximate surface area is 126 Å². The monoisotopic (exact) mass is 342 g/mol. The Bertz CT molecular complexity index is 506. The normalized spacial score (nSPS) is 17.7. The summed E-state index contributed by atoms with van der Waals surface area (Å²) in [6.07, 6.45) is 6.27. The maximum absolute atomic E-state index is 12.5. The van der Waals surface area contributed by atoms with E-state index in [1.165, 1.54) is 0 Å². The van der Waals surface area contributed by atoms with Crippen LogP contribution in [0.2, 0.25) is 0 Å². The number of nitrogens with zero attached hydrogens (tertiary/aromatic N) is 1. The fourth-order valence-corrected chi connectivity index (χ4v) is 3.35. The summed E-state index contributed by atoms with van der Waals surface area (Å²) in [5.74, 6) is -1.00. The van der Waals surface area contributed by atoms with Gasteiger partial charge in [0.05, 0.1) is 12.0 Å². The van der Waals surface area contributed by atoms with E-state index >= 15 is 0 Å². The fourth-order valence-electron chi connectivity index (χ4n) is 3.01. The van der Waals surface area contributed by atoms with Gasteiger partial charge in [0.2, 0.25) is 0 Å². The van der Waals surface area contributed by atoms with Gasteiger partial charge >= 0.3 is 5.97 Å². The molecule has 0 bridgehead atoms. The van der Waals surface area contributed by atoms with E-state index in [2.05, 4.69) is 20.9 Å². The first-order chi connectivity index (χ1) is 9.44. The first-order valence-electron chi connectivity index (χ1n) is 6.78. The number of rotatable bonds is 4. The van der Waals surface area contributed by atoms with Crippen LogP contribution >= 0.6 is 15.9 Å². The van der Waals surface area contributed by atoms with Gasteiger partial charge in [-0.1, -0.05) is 19.3 Å². The molecule has 1 fully saturated rings. The number of aromatic amines is 1. The van der Waals surface area contributed by atoms with Crippen molar-refractivity contribution in [3.63, 3.8) is 0 Å². The molecule has 5 nitrogen and oxygen atoms in total. The van der Waals surface area contributed by atoms with E-state index in [9.17, 15) is 14.7 Å². The molecule has 0 radical (unpaired) electrons. The standard InChI is InChI=1S/C14H19BrN2O3/c1-17(13(20)11-7-10(15)9-16-11)14(8-12(18)19)5-3-2-4-6-14/h7,9,16H,2-6,8H2,1H3,(H,18,19). The number of nitrogens with one attached hydrogen (secondary N) is 1. The number of amides is 1. The van der Waals surface area contributed by atoms with Crippen molar-refractivity contribution in [1.29, 1.82) is 0 Å². The summed E-state index contributed by atoms with van der Waals surface area (Å²) in [7, 11) is 1.71. The zero-order chi connectivity index (χ0) is 14.8. The summed E-state index contributed by atoms with van der Waals surface area (Å²) in [5.41, 5.74) is -0.0756. The second kappa shape index (κ2) is 5.99. The van der Waals surface area contributed by atoms with E-state index in [-0.39, 0.29) is 12.3 Å². The molecule has 2 rings (SSSR count). The van der Waals surface area contributed by atoms with Crippen molar-refractivity contribution in [1.82, 2.24) is 9.88 Å². The molecule has 2 N–H and O–H groups in total. The van der Waals surface area contributed by atoms with E-state index in [0.29, 0.717) is 5.69 Å². The molecule has 1 heterocycles. The maximum Gasteiger partial charge on any atom is 0.305 e. The summed E-state index contributed by atoms with van der Waals surface area (Å²) >= 11 is 3.30. The van der Waals surface area contributed by atoms with E-state index in [4.69, 9.17) is 0 Å². The minimum Gasteiger partial charge on any atom is -0.481 e. The molecule has 1 amide bonds. The van der Waals surface area contributed by atoms with Crippen LogP contribution in [0, 0.1) is 0 Å². The highest BCUT2D eigenvalue weighted by Crippen LogP contribution is 2.36. The lowest BCUT2D eigenvalue weighted by Crippen LogP contribution is -2.52. The van der Waals surface area contributed by atoms with Gasteiger partial charge < -0.3 is 15.0 Å². The minimum absolute atomic E-state index is 0.0110. The van der Waals surface area contributed by atoms with Crippen LogP contribution in [0.5, 0.6) is 0 Å². The number of carboxylic acid groups (broad SMARTS) is 1. The molecule has 1 aromatic heterocycles. The Hall–Kier alpha value is -1.30. The number of halogens is 1. The molecule has 1 saturated carbocycles. The molecule has 1 aromatic rings. The number of aromatic nitrogens is 1. The molecule has 0 saturated heterocycles. The number of hydrogen-bond acceptors (Lipinski definition) is 2. The number of hydrogen-bond donors (Lipinski definition) is 2. The largest absolute Gasteiger partial charge is 0.481 e. The summed E-state index contributed by atoms with van der Waals surface area (Å²) in [6, 6.07) is 1.72. The molecule has 0 aliphatic heterocycles. The second-order valence-corrected chi connectivity index (χ2v) is 6.37. The zero-order valence-electron chi connectivity index (χ0n) is 11.5. The summed E-state index contributed by atoms with van der Waals surface area (Å²) in [6.45, 7) is 0. The van der Waals surface area contributed by atoms with Crippen LogP contribution in [-0.4, -0.2) is 39.5 Å². The molecular weight excluding hydrogens is 324 g/mol. The lowest BCUT2D eigenvalue weighted by Gasteiger charge is -2.43. The van der Waals surface area contributed by atoms with Crippen LogP contribution in [0.4, 0.5) is 0 Å². The molecule has 110 valence electrons. The highest BCUT2D eigenvalue weighted by Gasteiger charge is 2.40. The SMILES string of the molecule is CN(C(=O)c1cc(Br)c[nH]1)C1(CC(=O)O)CCCCC1. The molecule has 1 aliphatic carbocycles. The van der Waals surface area contributed by atoms with Crippen LogP contribution < -0.4 is 0 Å². The number of carboxylic acids is 1. The first-order valence-corrected chi connectivity index (χ1v) is 7.58. The highest BCUT2D eigenvalue weighted by atomic mass is 79.9. The van der Waals surface area contributed by atoms with E-state index < -0.39 is 11.5 Å². The third-order valence-corrected chi connectivity index (χ3v) is 4.62. The van der Waals surface area contributed by atoms with Crippen LogP contribution in [0.1, 0.15) is 49.0 Å². The van der Waals surface area contributed by atoms with Gasteiger partial charge in [0, 0.05) is 17.7 Å². The summed E-state index contributed by atoms with van der Waals surface area (Å²) < 4.78 is 0.810. The van der Waals surface area contributed by atoms with E-state index in [1.807, 2.05) is 0 Å². The van der Waals surface area contributed by atoms with E-state index in [1.54, 1.807) is 24.2 Å². The number of carbonyl (C=O) groups excluding carboxylic acids is 1. The molecule has 6 heteroatoms. The molecule has 1 aliphatic rings. The number of aliphatic carboxylic acids is 1. The Morgan fingerprint density at radius 1 is 1.40 bits per heavy atom. The molecule has 0 atom stereocenters. The summed E-state index contributed by atoms with van der Waals surface area (Å²) in [5, 5.41) is 9.18. The van der Waals surface area contributed by atoms with Gasteiger partial charge in [-0.05, 0) is 34.8 Å². The lowest BCUT2D eigenvalue weighted by molar-refractivity contribution is -0.140. The molecule has 0 unspecified atom stereocenters. The number of carbonyl (C=O) groups is 2. The quantitative estimate of drug-likeness (QED) is 0.883. The van der Waals surface area contributed by atoms with Crippen LogP contribution in [0.25, 0.3) is 0 Å². The Balaban J connectivity index is 2.23. The van der Waals surface area contributed by atoms with Crippen molar-refractivity contribution in [2.45, 2.75) is 44.1 Å².